The fraction of sp³-hybridized carbons (Fsp3) is 0.600. The normalized spacial score (nSPS) is 13.0. The van der Waals surface area contributed by atoms with Crippen molar-refractivity contribution in [3.63, 3.8) is 0 Å². The van der Waals surface area contributed by atoms with E-state index in [9.17, 15) is 19.2 Å². The summed E-state index contributed by atoms with van der Waals surface area (Å²) in [6, 6.07) is 0. The first-order chi connectivity index (χ1) is 10.0. The van der Waals surface area contributed by atoms with Gasteiger partial charge < -0.3 is 0 Å². The molecule has 0 saturated heterocycles. The third-order valence-corrected chi connectivity index (χ3v) is 8.73. The maximum absolute atomic E-state index is 11.2. The van der Waals surface area contributed by atoms with Crippen molar-refractivity contribution < 1.29 is 51.6 Å². The van der Waals surface area contributed by atoms with Gasteiger partial charge in [-0.3, -0.25) is 0 Å². The minimum atomic E-state index is -4.60. The molecule has 0 saturated carbocycles. The van der Waals surface area contributed by atoms with E-state index in [1.165, 1.54) is 0 Å². The minimum absolute atomic E-state index is 0.0825. The van der Waals surface area contributed by atoms with Gasteiger partial charge in [0.25, 0.3) is 0 Å². The van der Waals surface area contributed by atoms with Gasteiger partial charge in [0.15, 0.2) is 0 Å². The Bertz CT molecular complexity index is 394. The van der Waals surface area contributed by atoms with Crippen molar-refractivity contribution in [2.45, 2.75) is 21.3 Å². The molecule has 0 aliphatic heterocycles. The summed E-state index contributed by atoms with van der Waals surface area (Å²) >= 11 is -4.60. The molecule has 0 aromatic rings. The molecule has 8 N–H and O–H groups in total. The van der Waals surface area contributed by atoms with E-state index in [2.05, 4.69) is 9.87 Å². The van der Waals surface area contributed by atoms with Crippen molar-refractivity contribution in [2.24, 2.45) is 5.73 Å². The van der Waals surface area contributed by atoms with Crippen molar-refractivity contribution in [3.05, 3.63) is 0 Å². The number of hydrazine groups is 1. The molecule has 11 nitrogen and oxygen atoms in total. The zero-order chi connectivity index (χ0) is 17.4. The zero-order valence-corrected chi connectivity index (χ0v) is 12.7. The second kappa shape index (κ2) is 8.06. The second-order valence-corrected chi connectivity index (χ2v) is 11.2. The van der Waals surface area contributed by atoms with Crippen LogP contribution >= 0.6 is 0 Å². The van der Waals surface area contributed by atoms with Crippen LogP contribution in [0.15, 0.2) is 0 Å². The van der Waals surface area contributed by atoms with Crippen LogP contribution in [0.4, 0.5) is 0 Å². The molecule has 0 aromatic carbocycles. The van der Waals surface area contributed by atoms with Crippen molar-refractivity contribution >= 4 is 23.9 Å². The van der Waals surface area contributed by atoms with Gasteiger partial charge in [0, 0.05) is 0 Å². The quantitative estimate of drug-likeness (QED) is 0.122. The molecular weight excluding hydrogens is 346 g/mol. The van der Waals surface area contributed by atoms with Gasteiger partial charge >= 0.3 is 125 Å². The van der Waals surface area contributed by atoms with Gasteiger partial charge in [-0.05, 0) is 0 Å². The Labute approximate surface area is 126 Å². The number of nitrogens with two attached hydrogens (primary N) is 1. The first-order valence-electron chi connectivity index (χ1n) is 5.81. The van der Waals surface area contributed by atoms with Crippen molar-refractivity contribution in [1.82, 2.24) is 9.87 Å². The summed E-state index contributed by atoms with van der Waals surface area (Å²) in [5, 5.41) is 32.8. The standard InChI is InChI=1S/C2H8N3.4C2H3O2.Fe/c3-1-2-5-4;4*1-2(3)4;/h4-5H,1-3H2;4*1H2,(H,3,4);/q-1;;;;;+1. The van der Waals surface area contributed by atoms with Crippen molar-refractivity contribution in [2.75, 3.05) is 13.1 Å². The van der Waals surface area contributed by atoms with Gasteiger partial charge in [-0.15, -0.1) is 0 Å². The van der Waals surface area contributed by atoms with Crippen molar-refractivity contribution in [3.8, 4) is 0 Å². The van der Waals surface area contributed by atoms with Gasteiger partial charge in [-0.2, -0.15) is 0 Å². The van der Waals surface area contributed by atoms with E-state index in [-0.39, 0.29) is 13.1 Å². The van der Waals surface area contributed by atoms with E-state index >= 15 is 0 Å². The monoisotopic (exact) mass is 366 g/mol. The molecule has 22 heavy (non-hydrogen) atoms. The number of carboxylic acid groups (broad SMARTS) is 4. The Hall–Kier alpha value is -1.72. The molecule has 12 heteroatoms. The topological polar surface area (TPSA) is 199 Å². The average molecular weight is 366 g/mol. The van der Waals surface area contributed by atoms with Crippen LogP contribution in [0.25, 0.3) is 0 Å². The Balaban J connectivity index is 5.99. The van der Waals surface area contributed by atoms with Crippen LogP contribution in [-0.2, 0) is 31.2 Å². The number of carboxylic acids is 4. The van der Waals surface area contributed by atoms with E-state index in [0.717, 1.165) is 0 Å². The number of nitrogens with one attached hydrogen (secondary N) is 2. The van der Waals surface area contributed by atoms with E-state index in [4.69, 9.17) is 26.2 Å². The molecule has 0 rings (SSSR count). The molecule has 0 radical (unpaired) electrons. The van der Waals surface area contributed by atoms with Crippen molar-refractivity contribution in [1.29, 1.82) is 0 Å². The van der Waals surface area contributed by atoms with E-state index in [1.54, 1.807) is 0 Å². The number of carbonyl (C=O) groups is 4. The number of rotatable bonds is 12. The first kappa shape index (κ1) is 20.3. The van der Waals surface area contributed by atoms with Gasteiger partial charge in [0.2, 0.25) is 0 Å². The molecule has 0 bridgehead atoms. The van der Waals surface area contributed by atoms with Gasteiger partial charge in [-0.1, -0.05) is 0 Å². The summed E-state index contributed by atoms with van der Waals surface area (Å²) in [5.74, 6) is -5.91. The Morgan fingerprint density at radius 3 is 1.32 bits per heavy atom. The summed E-state index contributed by atoms with van der Waals surface area (Å²) in [5.41, 5.74) is 7.73. The maximum atomic E-state index is 11.2. The van der Waals surface area contributed by atoms with Crippen LogP contribution < -0.4 is 15.6 Å². The van der Waals surface area contributed by atoms with Gasteiger partial charge in [-0.25, -0.2) is 0 Å². The Morgan fingerprint density at radius 1 is 0.773 bits per heavy atom. The summed E-state index contributed by atoms with van der Waals surface area (Å²) in [7, 11) is 0. The molecule has 0 spiro atoms. The SMILES string of the molecule is NCCN[NH][Fe]([CH2]C(=O)O)([CH2]C(=O)O)([CH2]C(=O)O)[CH2]C(=O)O. The summed E-state index contributed by atoms with van der Waals surface area (Å²) < 4.78 is 2.46. The first-order valence-corrected chi connectivity index (χ1v) is 9.49. The number of aliphatic carboxylic acids is 4. The van der Waals surface area contributed by atoms with Gasteiger partial charge in [0.1, 0.15) is 0 Å². The molecule has 0 atom stereocenters. The summed E-state index contributed by atoms with van der Waals surface area (Å²) in [6.07, 6.45) is 0. The third-order valence-electron chi connectivity index (χ3n) is 2.32. The fourth-order valence-electron chi connectivity index (χ4n) is 1.80. The molecule has 0 aliphatic rings. The Kier molecular flexibility index (Phi) is 7.43. The van der Waals surface area contributed by atoms with Crippen LogP contribution in [0, 0.1) is 0 Å². The Morgan fingerprint density at radius 2 is 1.09 bits per heavy atom. The molecule has 0 fully saturated rings. The van der Waals surface area contributed by atoms with Crippen LogP contribution in [0.3, 0.4) is 0 Å². The van der Waals surface area contributed by atoms with Crippen LogP contribution in [0.5, 0.6) is 0 Å². The molecule has 0 aliphatic carbocycles. The molecule has 0 unspecified atom stereocenters. The zero-order valence-electron chi connectivity index (χ0n) is 11.6. The van der Waals surface area contributed by atoms with Crippen LogP contribution in [0.2, 0.25) is 21.3 Å². The molecular formula is C10H20FeN3O8. The second-order valence-electron chi connectivity index (χ2n) is 4.44. The molecule has 0 aromatic heterocycles. The average Bonchev–Trinajstić information content (AvgIpc) is 2.24. The summed E-state index contributed by atoms with van der Waals surface area (Å²) in [6.45, 7) is 0.181. The summed E-state index contributed by atoms with van der Waals surface area (Å²) in [4.78, 5) is 44.6. The van der Waals surface area contributed by atoms with E-state index in [1.807, 2.05) is 0 Å². The van der Waals surface area contributed by atoms with Crippen LogP contribution in [-0.4, -0.2) is 57.4 Å². The predicted molar refractivity (Wildman–Crippen MR) is 70.0 cm³/mol. The third kappa shape index (κ3) is 6.37. The molecule has 0 amide bonds. The number of hydrogen-bond donors (Lipinski definition) is 7. The van der Waals surface area contributed by atoms with E-state index < -0.39 is 57.2 Å². The van der Waals surface area contributed by atoms with E-state index in [0.29, 0.717) is 0 Å². The van der Waals surface area contributed by atoms with Crippen LogP contribution in [0.1, 0.15) is 0 Å². The fourth-order valence-corrected chi connectivity index (χ4v) is 7.21. The number of hydrogen-bond acceptors (Lipinski definition) is 7. The van der Waals surface area contributed by atoms with Gasteiger partial charge in [0.05, 0.1) is 0 Å². The predicted octanol–water partition coefficient (Wildman–Crippen LogP) is -1.34. The molecule has 0 heterocycles. The molecule has 131 valence electrons.